The van der Waals surface area contributed by atoms with Gasteiger partial charge in [0.15, 0.2) is 0 Å². The van der Waals surface area contributed by atoms with Crippen LogP contribution < -0.4 is 0 Å². The number of hydrogen-bond donors (Lipinski definition) is 0. The highest BCUT2D eigenvalue weighted by Crippen LogP contribution is 2.35. The fourth-order valence-electron chi connectivity index (χ4n) is 3.01. The van der Waals surface area contributed by atoms with Crippen molar-refractivity contribution in [3.05, 3.63) is 0 Å². The molecule has 3 atom stereocenters. The molecular weight excluding hydrogens is 204 g/mol. The Morgan fingerprint density at radius 3 is 2.80 bits per heavy atom. The number of rotatable bonds is 3. The number of thioether (sulfide) groups is 1. The molecule has 1 nitrogen and oxygen atoms in total. The van der Waals surface area contributed by atoms with E-state index in [9.17, 15) is 4.79 Å². The third kappa shape index (κ3) is 2.77. The predicted octanol–water partition coefficient (Wildman–Crippen LogP) is 3.53. The Hall–Kier alpha value is 0.0200. The van der Waals surface area contributed by atoms with Gasteiger partial charge in [0.25, 0.3) is 0 Å². The molecule has 0 bridgehead atoms. The second-order valence-corrected chi connectivity index (χ2v) is 6.25. The van der Waals surface area contributed by atoms with E-state index in [1.165, 1.54) is 37.9 Å². The minimum atomic E-state index is 0.413. The van der Waals surface area contributed by atoms with Gasteiger partial charge >= 0.3 is 0 Å². The van der Waals surface area contributed by atoms with Gasteiger partial charge in [-0.1, -0.05) is 26.2 Å². The lowest BCUT2D eigenvalue weighted by atomic mass is 9.75. The van der Waals surface area contributed by atoms with E-state index in [1.54, 1.807) is 0 Å². The summed E-state index contributed by atoms with van der Waals surface area (Å²) in [6.07, 6.45) is 7.43. The van der Waals surface area contributed by atoms with Crippen molar-refractivity contribution in [1.82, 2.24) is 0 Å². The average Bonchev–Trinajstić information content (AvgIpc) is 2.81. The fourth-order valence-corrected chi connectivity index (χ4v) is 4.25. The van der Waals surface area contributed by atoms with Gasteiger partial charge in [0.05, 0.1) is 0 Å². The molecule has 0 radical (unpaired) electrons. The molecule has 86 valence electrons. The topological polar surface area (TPSA) is 17.1 Å². The molecule has 0 aromatic carbocycles. The lowest BCUT2D eigenvalue weighted by Gasteiger charge is -2.28. The van der Waals surface area contributed by atoms with E-state index in [1.807, 2.05) is 11.8 Å². The second kappa shape index (κ2) is 5.38. The molecule has 15 heavy (non-hydrogen) atoms. The van der Waals surface area contributed by atoms with E-state index in [2.05, 4.69) is 6.92 Å². The van der Waals surface area contributed by atoms with Crippen LogP contribution in [0.1, 0.15) is 45.4 Å². The third-order valence-corrected chi connectivity index (χ3v) is 5.26. The molecular formula is C13H22OS. The zero-order chi connectivity index (χ0) is 10.7. The first-order valence-electron chi connectivity index (χ1n) is 6.42. The molecule has 2 aliphatic rings. The van der Waals surface area contributed by atoms with Gasteiger partial charge in [0.2, 0.25) is 0 Å². The standard InChI is InChI=1S/C13H22OS/c1-2-10-4-3-5-11(8-10)13(14)12-6-7-15-9-12/h10-12H,2-9H2,1H3. The van der Waals surface area contributed by atoms with E-state index in [0.29, 0.717) is 17.6 Å². The van der Waals surface area contributed by atoms with Crippen molar-refractivity contribution in [1.29, 1.82) is 0 Å². The van der Waals surface area contributed by atoms with Crippen molar-refractivity contribution >= 4 is 17.5 Å². The van der Waals surface area contributed by atoms with Crippen molar-refractivity contribution in [3.8, 4) is 0 Å². The molecule has 1 saturated carbocycles. The van der Waals surface area contributed by atoms with Gasteiger partial charge in [-0.2, -0.15) is 11.8 Å². The summed E-state index contributed by atoms with van der Waals surface area (Å²) in [6, 6.07) is 0. The number of hydrogen-bond acceptors (Lipinski definition) is 2. The van der Waals surface area contributed by atoms with Crippen molar-refractivity contribution in [2.45, 2.75) is 45.4 Å². The monoisotopic (exact) mass is 226 g/mol. The van der Waals surface area contributed by atoms with Crippen LogP contribution in [0.3, 0.4) is 0 Å². The van der Waals surface area contributed by atoms with Crippen LogP contribution in [-0.2, 0) is 4.79 Å². The highest BCUT2D eigenvalue weighted by Gasteiger charge is 2.32. The van der Waals surface area contributed by atoms with Gasteiger partial charge < -0.3 is 0 Å². The highest BCUT2D eigenvalue weighted by atomic mass is 32.2. The third-order valence-electron chi connectivity index (χ3n) is 4.09. The molecule has 3 unspecified atom stereocenters. The van der Waals surface area contributed by atoms with Gasteiger partial charge in [-0.3, -0.25) is 4.79 Å². The Bertz CT molecular complexity index is 221. The minimum Gasteiger partial charge on any atom is -0.299 e. The number of carbonyl (C=O) groups is 1. The normalized spacial score (nSPS) is 36.7. The Kier molecular flexibility index (Phi) is 4.13. The molecule has 1 saturated heterocycles. The highest BCUT2D eigenvalue weighted by molar-refractivity contribution is 7.99. The molecule has 0 N–H and O–H groups in total. The molecule has 2 rings (SSSR count). The maximum absolute atomic E-state index is 12.2. The zero-order valence-electron chi connectivity index (χ0n) is 9.71. The summed E-state index contributed by atoms with van der Waals surface area (Å²) < 4.78 is 0. The maximum Gasteiger partial charge on any atom is 0.139 e. The van der Waals surface area contributed by atoms with Crippen LogP contribution in [0, 0.1) is 17.8 Å². The lowest BCUT2D eigenvalue weighted by Crippen LogP contribution is -2.28. The van der Waals surface area contributed by atoms with E-state index < -0.39 is 0 Å². The lowest BCUT2D eigenvalue weighted by molar-refractivity contribution is -0.127. The van der Waals surface area contributed by atoms with Crippen molar-refractivity contribution in [2.75, 3.05) is 11.5 Å². The quantitative estimate of drug-likeness (QED) is 0.732. The van der Waals surface area contributed by atoms with Crippen LogP contribution in [0.5, 0.6) is 0 Å². The maximum atomic E-state index is 12.2. The Balaban J connectivity index is 1.88. The van der Waals surface area contributed by atoms with E-state index in [0.717, 1.165) is 18.1 Å². The van der Waals surface area contributed by atoms with E-state index in [4.69, 9.17) is 0 Å². The summed E-state index contributed by atoms with van der Waals surface area (Å²) in [6.45, 7) is 2.27. The van der Waals surface area contributed by atoms with E-state index in [-0.39, 0.29) is 0 Å². The summed E-state index contributed by atoms with van der Waals surface area (Å²) in [5.41, 5.74) is 0. The van der Waals surface area contributed by atoms with Crippen LogP contribution in [0.25, 0.3) is 0 Å². The Morgan fingerprint density at radius 1 is 1.27 bits per heavy atom. The van der Waals surface area contributed by atoms with Crippen LogP contribution >= 0.6 is 11.8 Å². The summed E-state index contributed by atoms with van der Waals surface area (Å²) in [7, 11) is 0. The largest absolute Gasteiger partial charge is 0.299 e. The first-order chi connectivity index (χ1) is 7.31. The second-order valence-electron chi connectivity index (χ2n) is 5.10. The van der Waals surface area contributed by atoms with Crippen LogP contribution in [0.4, 0.5) is 0 Å². The van der Waals surface area contributed by atoms with E-state index >= 15 is 0 Å². The zero-order valence-corrected chi connectivity index (χ0v) is 10.5. The van der Waals surface area contributed by atoms with Gasteiger partial charge in [0.1, 0.15) is 5.78 Å². The SMILES string of the molecule is CCC1CCCC(C(=O)C2CCSC2)C1. The van der Waals surface area contributed by atoms with Gasteiger partial charge in [-0.05, 0) is 30.9 Å². The van der Waals surface area contributed by atoms with Crippen LogP contribution in [0.15, 0.2) is 0 Å². The fraction of sp³-hybridized carbons (Fsp3) is 0.923. The Labute approximate surface area is 97.4 Å². The summed E-state index contributed by atoms with van der Waals surface area (Å²) in [4.78, 5) is 12.2. The minimum absolute atomic E-state index is 0.413. The summed E-state index contributed by atoms with van der Waals surface area (Å²) in [5.74, 6) is 4.59. The molecule has 2 fully saturated rings. The van der Waals surface area contributed by atoms with Crippen molar-refractivity contribution < 1.29 is 4.79 Å². The molecule has 0 aromatic heterocycles. The number of ketones is 1. The molecule has 0 aromatic rings. The first kappa shape index (κ1) is 11.5. The van der Waals surface area contributed by atoms with Crippen LogP contribution in [0.2, 0.25) is 0 Å². The Morgan fingerprint density at radius 2 is 2.13 bits per heavy atom. The van der Waals surface area contributed by atoms with Gasteiger partial charge in [-0.15, -0.1) is 0 Å². The number of Topliss-reactive ketones (excluding diaryl/α,β-unsaturated/α-hetero) is 1. The van der Waals surface area contributed by atoms with Gasteiger partial charge in [0, 0.05) is 17.6 Å². The molecule has 0 spiro atoms. The summed E-state index contributed by atoms with van der Waals surface area (Å²) >= 11 is 1.96. The molecule has 1 aliphatic carbocycles. The molecule has 2 heteroatoms. The first-order valence-corrected chi connectivity index (χ1v) is 7.58. The van der Waals surface area contributed by atoms with Crippen molar-refractivity contribution in [2.24, 2.45) is 17.8 Å². The summed E-state index contributed by atoms with van der Waals surface area (Å²) in [5, 5.41) is 0. The smallest absolute Gasteiger partial charge is 0.139 e. The van der Waals surface area contributed by atoms with Crippen LogP contribution in [-0.4, -0.2) is 17.3 Å². The van der Waals surface area contributed by atoms with Crippen molar-refractivity contribution in [3.63, 3.8) is 0 Å². The molecule has 0 amide bonds. The average molecular weight is 226 g/mol. The molecule has 1 aliphatic heterocycles. The molecule has 1 heterocycles. The number of carbonyl (C=O) groups excluding carboxylic acids is 1. The van der Waals surface area contributed by atoms with Gasteiger partial charge in [-0.25, -0.2) is 0 Å². The predicted molar refractivity (Wildman–Crippen MR) is 66.2 cm³/mol.